The van der Waals surface area contributed by atoms with Crippen LogP contribution in [0, 0.1) is 0 Å². The summed E-state index contributed by atoms with van der Waals surface area (Å²) in [5.41, 5.74) is 0.0178. The van der Waals surface area contributed by atoms with Gasteiger partial charge in [0, 0.05) is 45.9 Å². The van der Waals surface area contributed by atoms with Crippen molar-refractivity contribution in [3.63, 3.8) is 0 Å². The lowest BCUT2D eigenvalue weighted by molar-refractivity contribution is -0.138. The summed E-state index contributed by atoms with van der Waals surface area (Å²) in [5, 5.41) is 0. The minimum absolute atomic E-state index is 0.00322. The molecule has 0 N–H and O–H groups in total. The summed E-state index contributed by atoms with van der Waals surface area (Å²) in [5.74, 6) is -0.360. The summed E-state index contributed by atoms with van der Waals surface area (Å²) in [6, 6.07) is 2.77. The molecule has 0 spiro atoms. The predicted molar refractivity (Wildman–Crippen MR) is 84.1 cm³/mol. The van der Waals surface area contributed by atoms with Crippen molar-refractivity contribution in [1.29, 1.82) is 0 Å². The van der Waals surface area contributed by atoms with E-state index in [9.17, 15) is 18.0 Å². The molecule has 25 heavy (non-hydrogen) atoms. The number of alkyl halides is 3. The minimum Gasteiger partial charge on any atom is -0.382 e. The van der Waals surface area contributed by atoms with E-state index in [4.69, 9.17) is 9.47 Å². The molecular weight excluding hydrogens is 337 g/mol. The molecular formula is C17H21F3N2O3. The number of benzene rings is 1. The van der Waals surface area contributed by atoms with Crippen molar-refractivity contribution in [1.82, 2.24) is 9.80 Å². The normalized spacial score (nSPS) is 21.7. The van der Waals surface area contributed by atoms with Crippen LogP contribution >= 0.6 is 0 Å². The molecule has 0 radical (unpaired) electrons. The first-order chi connectivity index (χ1) is 11.8. The topological polar surface area (TPSA) is 42.0 Å². The molecule has 0 bridgehead atoms. The second-order valence-corrected chi connectivity index (χ2v) is 6.51. The number of halogens is 3. The molecule has 1 fully saturated rings. The predicted octanol–water partition coefficient (Wildman–Crippen LogP) is 2.14. The van der Waals surface area contributed by atoms with Crippen LogP contribution in [0.1, 0.15) is 27.0 Å². The number of carbonyl (C=O) groups is 1. The summed E-state index contributed by atoms with van der Waals surface area (Å²) in [4.78, 5) is 15.5. The van der Waals surface area contributed by atoms with Crippen molar-refractivity contribution in [3.05, 3.63) is 34.4 Å². The number of ether oxygens (including phenoxy) is 2. The molecule has 138 valence electrons. The molecule has 1 unspecified atom stereocenters. The highest BCUT2D eigenvalue weighted by Gasteiger charge is 2.39. The highest BCUT2D eigenvalue weighted by Crippen LogP contribution is 2.38. The largest absolute Gasteiger partial charge is 0.416 e. The first kappa shape index (κ1) is 18.2. The van der Waals surface area contributed by atoms with E-state index in [-0.39, 0.29) is 29.7 Å². The van der Waals surface area contributed by atoms with Crippen LogP contribution in [0.25, 0.3) is 0 Å². The van der Waals surface area contributed by atoms with Gasteiger partial charge in [-0.2, -0.15) is 13.2 Å². The fourth-order valence-electron chi connectivity index (χ4n) is 3.42. The van der Waals surface area contributed by atoms with E-state index in [1.807, 2.05) is 4.90 Å². The number of hydrogen-bond acceptors (Lipinski definition) is 4. The number of rotatable bonds is 4. The number of nitrogens with zero attached hydrogens (tertiary/aromatic N) is 2. The van der Waals surface area contributed by atoms with Gasteiger partial charge in [-0.15, -0.1) is 0 Å². The van der Waals surface area contributed by atoms with E-state index in [0.29, 0.717) is 38.4 Å². The van der Waals surface area contributed by atoms with Crippen LogP contribution in [0.5, 0.6) is 0 Å². The van der Waals surface area contributed by atoms with Crippen LogP contribution in [0.2, 0.25) is 0 Å². The number of carbonyl (C=O) groups excluding carboxylic acids is 1. The maximum absolute atomic E-state index is 13.4. The van der Waals surface area contributed by atoms with Gasteiger partial charge < -0.3 is 14.4 Å². The number of fused-ring (bicyclic) bond motifs is 1. The number of morpholine rings is 1. The highest BCUT2D eigenvalue weighted by atomic mass is 19.4. The summed E-state index contributed by atoms with van der Waals surface area (Å²) in [6.07, 6.45) is -4.57. The molecule has 8 heteroatoms. The summed E-state index contributed by atoms with van der Waals surface area (Å²) in [6.45, 7) is 2.50. The quantitative estimate of drug-likeness (QED) is 0.827. The van der Waals surface area contributed by atoms with Crippen molar-refractivity contribution in [2.45, 2.75) is 25.4 Å². The van der Waals surface area contributed by atoms with Crippen molar-refractivity contribution in [2.24, 2.45) is 0 Å². The van der Waals surface area contributed by atoms with Gasteiger partial charge in [0.05, 0.1) is 24.9 Å². The Labute approximate surface area is 144 Å². The van der Waals surface area contributed by atoms with Gasteiger partial charge in [0.2, 0.25) is 0 Å². The lowest BCUT2D eigenvalue weighted by Crippen LogP contribution is -2.43. The van der Waals surface area contributed by atoms with Crippen molar-refractivity contribution < 1.29 is 27.4 Å². The third-order valence-corrected chi connectivity index (χ3v) is 4.57. The second-order valence-electron chi connectivity index (χ2n) is 6.51. The molecule has 0 aliphatic carbocycles. The van der Waals surface area contributed by atoms with E-state index in [0.717, 1.165) is 0 Å². The monoisotopic (exact) mass is 358 g/mol. The zero-order valence-electron chi connectivity index (χ0n) is 14.2. The Balaban J connectivity index is 1.86. The lowest BCUT2D eigenvalue weighted by atomic mass is 9.98. The maximum Gasteiger partial charge on any atom is 0.416 e. The van der Waals surface area contributed by atoms with E-state index < -0.39 is 11.7 Å². The Morgan fingerprint density at radius 1 is 1.36 bits per heavy atom. The first-order valence-corrected chi connectivity index (χ1v) is 8.11. The summed E-state index contributed by atoms with van der Waals surface area (Å²) < 4.78 is 51.0. The zero-order valence-corrected chi connectivity index (χ0v) is 14.2. The van der Waals surface area contributed by atoms with Crippen LogP contribution in [0.15, 0.2) is 12.1 Å². The van der Waals surface area contributed by atoms with E-state index in [1.54, 1.807) is 13.2 Å². The van der Waals surface area contributed by atoms with Crippen LogP contribution in [0.4, 0.5) is 13.2 Å². The molecule has 1 atom stereocenters. The highest BCUT2D eigenvalue weighted by molar-refractivity contribution is 5.98. The zero-order chi connectivity index (χ0) is 18.2. The van der Waals surface area contributed by atoms with E-state index >= 15 is 0 Å². The Hall–Kier alpha value is -1.64. The van der Waals surface area contributed by atoms with Gasteiger partial charge in [0.15, 0.2) is 0 Å². The molecule has 1 saturated heterocycles. The van der Waals surface area contributed by atoms with Crippen LogP contribution in [-0.4, -0.2) is 62.3 Å². The lowest BCUT2D eigenvalue weighted by Gasteiger charge is -2.32. The van der Waals surface area contributed by atoms with Crippen LogP contribution < -0.4 is 0 Å². The van der Waals surface area contributed by atoms with Gasteiger partial charge in [-0.25, -0.2) is 0 Å². The third-order valence-electron chi connectivity index (χ3n) is 4.57. The molecule has 1 aromatic rings. The molecule has 5 nitrogen and oxygen atoms in total. The molecule has 2 heterocycles. The van der Waals surface area contributed by atoms with Gasteiger partial charge in [-0.1, -0.05) is 0 Å². The second kappa shape index (κ2) is 6.93. The van der Waals surface area contributed by atoms with Crippen LogP contribution in [0.3, 0.4) is 0 Å². The molecule has 0 aromatic heterocycles. The average molecular weight is 358 g/mol. The smallest absolute Gasteiger partial charge is 0.382 e. The van der Waals surface area contributed by atoms with Crippen LogP contribution in [-0.2, 0) is 28.7 Å². The summed E-state index contributed by atoms with van der Waals surface area (Å²) >= 11 is 0. The van der Waals surface area contributed by atoms with E-state index in [2.05, 4.69) is 0 Å². The SMILES string of the molecule is COCC1CN(Cc2cc3c(c(C(F)(F)F)c2)CN(C)C3=O)CCO1. The Bertz CT molecular complexity index is 661. The molecule has 0 saturated carbocycles. The third kappa shape index (κ3) is 3.80. The van der Waals surface area contributed by atoms with Gasteiger partial charge in [-0.05, 0) is 23.3 Å². The van der Waals surface area contributed by atoms with Crippen molar-refractivity contribution in [2.75, 3.05) is 40.5 Å². The minimum atomic E-state index is -4.48. The molecule has 1 aromatic carbocycles. The first-order valence-electron chi connectivity index (χ1n) is 8.11. The Morgan fingerprint density at radius 2 is 2.12 bits per heavy atom. The van der Waals surface area contributed by atoms with E-state index in [1.165, 1.54) is 18.0 Å². The van der Waals surface area contributed by atoms with Crippen molar-refractivity contribution in [3.8, 4) is 0 Å². The number of hydrogen-bond donors (Lipinski definition) is 0. The molecule has 2 aliphatic heterocycles. The van der Waals surface area contributed by atoms with Gasteiger partial charge in [0.25, 0.3) is 5.91 Å². The van der Waals surface area contributed by atoms with Gasteiger partial charge >= 0.3 is 6.18 Å². The standard InChI is InChI=1S/C17H21F3N2O3/c1-21-9-14-13(16(21)23)5-11(6-15(14)17(18,19)20)7-22-3-4-25-12(8-22)10-24-2/h5-6,12H,3-4,7-10H2,1-2H3. The Morgan fingerprint density at radius 3 is 2.80 bits per heavy atom. The number of amides is 1. The summed E-state index contributed by atoms with van der Waals surface area (Å²) in [7, 11) is 3.10. The molecule has 3 rings (SSSR count). The average Bonchev–Trinajstić information content (AvgIpc) is 2.82. The van der Waals surface area contributed by atoms with Gasteiger partial charge in [-0.3, -0.25) is 9.69 Å². The fourth-order valence-corrected chi connectivity index (χ4v) is 3.42. The van der Waals surface area contributed by atoms with Gasteiger partial charge in [0.1, 0.15) is 0 Å². The fraction of sp³-hybridized carbons (Fsp3) is 0.588. The Kier molecular flexibility index (Phi) is 5.04. The maximum atomic E-state index is 13.4. The molecule has 2 aliphatic rings. The van der Waals surface area contributed by atoms with Crippen molar-refractivity contribution >= 4 is 5.91 Å². The molecule has 1 amide bonds. The number of methoxy groups -OCH3 is 1.